The van der Waals surface area contributed by atoms with Crippen LogP contribution in [0.4, 0.5) is 17.6 Å². The summed E-state index contributed by atoms with van der Waals surface area (Å²) in [6.45, 7) is 2.09. The van der Waals surface area contributed by atoms with Gasteiger partial charge in [-0.15, -0.1) is 24.8 Å². The van der Waals surface area contributed by atoms with E-state index in [0.717, 1.165) is 12.1 Å². The molecule has 2 aromatic carbocycles. The summed E-state index contributed by atoms with van der Waals surface area (Å²) in [5, 5.41) is 0. The van der Waals surface area contributed by atoms with Gasteiger partial charge in [0.05, 0.1) is 11.6 Å². The Bertz CT molecular complexity index is 802. The van der Waals surface area contributed by atoms with Crippen LogP contribution in [0.5, 0.6) is 5.75 Å². The van der Waals surface area contributed by atoms with E-state index in [1.165, 1.54) is 12.1 Å². The van der Waals surface area contributed by atoms with Crippen LogP contribution in [0.2, 0.25) is 0 Å². The van der Waals surface area contributed by atoms with E-state index in [1.807, 2.05) is 23.9 Å². The largest absolute Gasteiger partial charge is 0.492 e. The van der Waals surface area contributed by atoms with Crippen LogP contribution in [0.15, 0.2) is 42.5 Å². The van der Waals surface area contributed by atoms with Crippen molar-refractivity contribution < 1.29 is 22.3 Å². The van der Waals surface area contributed by atoms with Crippen LogP contribution >= 0.6 is 24.8 Å². The topological polar surface area (TPSA) is 15.7 Å². The summed E-state index contributed by atoms with van der Waals surface area (Å²) in [6.07, 6.45) is -4.48. The van der Waals surface area contributed by atoms with E-state index < -0.39 is 23.6 Å². The maximum absolute atomic E-state index is 14.6. The molecule has 0 radical (unpaired) electrons. The molecule has 0 saturated heterocycles. The monoisotopic (exact) mass is 454 g/mol. The molecular formula is C20H24Cl2F4N2O. The number of rotatable bonds is 4. The third-order valence-corrected chi connectivity index (χ3v) is 4.67. The third-order valence-electron chi connectivity index (χ3n) is 4.67. The van der Waals surface area contributed by atoms with Crippen LogP contribution < -0.4 is 4.74 Å². The molecule has 0 amide bonds. The van der Waals surface area contributed by atoms with Crippen LogP contribution in [0, 0.1) is 5.82 Å². The first-order chi connectivity index (χ1) is 12.8. The lowest BCUT2D eigenvalue weighted by atomic mass is 9.94. The minimum absolute atomic E-state index is 0. The quantitative estimate of drug-likeness (QED) is 0.602. The zero-order chi connectivity index (χ0) is 19.6. The Morgan fingerprint density at radius 1 is 1.07 bits per heavy atom. The van der Waals surface area contributed by atoms with E-state index in [1.54, 1.807) is 18.2 Å². The lowest BCUT2D eigenvalue weighted by Crippen LogP contribution is -2.37. The van der Waals surface area contributed by atoms with Gasteiger partial charge in [0.1, 0.15) is 18.2 Å². The summed E-state index contributed by atoms with van der Waals surface area (Å²) in [6, 6.07) is 9.00. The Balaban J connectivity index is 0.00000210. The second-order valence-electron chi connectivity index (χ2n) is 6.86. The number of nitrogens with zero attached hydrogens (tertiary/aromatic N) is 2. The highest BCUT2D eigenvalue weighted by Crippen LogP contribution is 2.41. The van der Waals surface area contributed by atoms with Crippen molar-refractivity contribution in [1.82, 2.24) is 9.80 Å². The van der Waals surface area contributed by atoms with Gasteiger partial charge in [0, 0.05) is 30.8 Å². The van der Waals surface area contributed by atoms with Crippen molar-refractivity contribution in [1.29, 1.82) is 0 Å². The molecule has 9 heteroatoms. The maximum atomic E-state index is 14.6. The molecule has 3 nitrogen and oxygen atoms in total. The van der Waals surface area contributed by atoms with Gasteiger partial charge in [-0.3, -0.25) is 4.90 Å². The number of alkyl halides is 3. The molecule has 1 atom stereocenters. The third kappa shape index (κ3) is 5.98. The molecule has 29 heavy (non-hydrogen) atoms. The van der Waals surface area contributed by atoms with Gasteiger partial charge in [0.15, 0.2) is 0 Å². The molecule has 0 spiro atoms. The van der Waals surface area contributed by atoms with Crippen LogP contribution in [0.1, 0.15) is 22.7 Å². The second kappa shape index (κ2) is 10.5. The van der Waals surface area contributed by atoms with E-state index in [9.17, 15) is 17.6 Å². The second-order valence-corrected chi connectivity index (χ2v) is 6.86. The summed E-state index contributed by atoms with van der Waals surface area (Å²) in [5.74, 6) is -0.0776. The fourth-order valence-electron chi connectivity index (χ4n) is 3.30. The van der Waals surface area contributed by atoms with Crippen molar-refractivity contribution in [3.8, 4) is 5.75 Å². The molecule has 162 valence electrons. The Morgan fingerprint density at radius 2 is 1.76 bits per heavy atom. The molecule has 2 aromatic rings. The molecule has 0 saturated carbocycles. The van der Waals surface area contributed by atoms with Crippen LogP contribution in [-0.4, -0.2) is 50.1 Å². The number of fused-ring (bicyclic) bond motifs is 1. The summed E-state index contributed by atoms with van der Waals surface area (Å²) in [7, 11) is 3.84. The van der Waals surface area contributed by atoms with Gasteiger partial charge in [0.25, 0.3) is 0 Å². The Kier molecular flexibility index (Phi) is 9.21. The number of hydrogen-bond donors (Lipinski definition) is 0. The highest BCUT2D eigenvalue weighted by atomic mass is 35.5. The maximum Gasteiger partial charge on any atom is 0.416 e. The number of halogens is 6. The normalized spacial score (nSPS) is 16.9. The lowest BCUT2D eigenvalue weighted by molar-refractivity contribution is -0.137. The van der Waals surface area contributed by atoms with Crippen molar-refractivity contribution in [2.24, 2.45) is 0 Å². The van der Waals surface area contributed by atoms with Crippen molar-refractivity contribution >= 4 is 24.8 Å². The van der Waals surface area contributed by atoms with Crippen LogP contribution in [0.3, 0.4) is 0 Å². The van der Waals surface area contributed by atoms with Crippen molar-refractivity contribution in [2.75, 3.05) is 40.3 Å². The van der Waals surface area contributed by atoms with Gasteiger partial charge in [-0.05, 0) is 38.4 Å². The summed E-state index contributed by atoms with van der Waals surface area (Å²) in [5.41, 5.74) is -0.0749. The van der Waals surface area contributed by atoms with E-state index >= 15 is 0 Å². The molecule has 1 unspecified atom stereocenters. The smallest absolute Gasteiger partial charge is 0.416 e. The number of likely N-dealkylation sites (N-methyl/N-ethyl adjacent to an activating group) is 1. The molecule has 0 aliphatic carbocycles. The fraction of sp³-hybridized carbons (Fsp3) is 0.400. The number of benzene rings is 2. The van der Waals surface area contributed by atoms with Gasteiger partial charge in [-0.25, -0.2) is 4.39 Å². The first-order valence-corrected chi connectivity index (χ1v) is 8.74. The predicted octanol–water partition coefficient (Wildman–Crippen LogP) is 5.03. The Morgan fingerprint density at radius 3 is 2.38 bits per heavy atom. The molecule has 0 fully saturated rings. The number of hydrogen-bond acceptors (Lipinski definition) is 3. The summed E-state index contributed by atoms with van der Waals surface area (Å²) < 4.78 is 60.2. The zero-order valence-corrected chi connectivity index (χ0v) is 17.7. The van der Waals surface area contributed by atoms with E-state index in [-0.39, 0.29) is 24.8 Å². The molecule has 1 heterocycles. The Hall–Kier alpha value is -1.54. The standard InChI is InChI=1S/C20H22F4N2O.2ClH/c1-25(2)9-10-26-11-12-27-18-8-7-14(20(22,23)24)13-16(18)19(26)15-5-3-4-6-17(15)21;;/h3-8,13,19H,9-12H2,1-2H3;2*1H. The summed E-state index contributed by atoms with van der Waals surface area (Å²) in [4.78, 5) is 3.96. The highest BCUT2D eigenvalue weighted by Gasteiger charge is 2.35. The Labute approximate surface area is 180 Å². The average Bonchev–Trinajstić information content (AvgIpc) is 2.78. The van der Waals surface area contributed by atoms with Gasteiger partial charge in [-0.1, -0.05) is 18.2 Å². The van der Waals surface area contributed by atoms with E-state index in [2.05, 4.69) is 0 Å². The fourth-order valence-corrected chi connectivity index (χ4v) is 3.30. The molecule has 0 N–H and O–H groups in total. The highest BCUT2D eigenvalue weighted by molar-refractivity contribution is 5.85. The minimum Gasteiger partial charge on any atom is -0.492 e. The molecule has 3 rings (SSSR count). The first-order valence-electron chi connectivity index (χ1n) is 8.74. The summed E-state index contributed by atoms with van der Waals surface area (Å²) >= 11 is 0. The van der Waals surface area contributed by atoms with Gasteiger partial charge in [0.2, 0.25) is 0 Å². The van der Waals surface area contributed by atoms with Crippen LogP contribution in [0.25, 0.3) is 0 Å². The van der Waals surface area contributed by atoms with Crippen molar-refractivity contribution in [3.63, 3.8) is 0 Å². The average molecular weight is 455 g/mol. The molecule has 0 aromatic heterocycles. The zero-order valence-electron chi connectivity index (χ0n) is 16.1. The number of ether oxygens (including phenoxy) is 1. The van der Waals surface area contributed by atoms with Crippen molar-refractivity contribution in [3.05, 3.63) is 65.0 Å². The van der Waals surface area contributed by atoms with E-state index in [0.29, 0.717) is 43.1 Å². The molecule has 1 aliphatic heterocycles. The van der Waals surface area contributed by atoms with Gasteiger partial charge in [-0.2, -0.15) is 13.2 Å². The van der Waals surface area contributed by atoms with Crippen LogP contribution in [-0.2, 0) is 6.18 Å². The minimum atomic E-state index is -4.48. The molecular weight excluding hydrogens is 431 g/mol. The van der Waals surface area contributed by atoms with E-state index in [4.69, 9.17) is 4.74 Å². The van der Waals surface area contributed by atoms with Gasteiger partial charge < -0.3 is 9.64 Å². The SMILES string of the molecule is CN(C)CCN1CCOc2ccc(C(F)(F)F)cc2C1c1ccccc1F.Cl.Cl. The lowest BCUT2D eigenvalue weighted by Gasteiger charge is -2.31. The molecule has 1 aliphatic rings. The predicted molar refractivity (Wildman–Crippen MR) is 110 cm³/mol. The first kappa shape index (κ1) is 25.5. The molecule has 0 bridgehead atoms. The van der Waals surface area contributed by atoms with Gasteiger partial charge >= 0.3 is 6.18 Å². The van der Waals surface area contributed by atoms with Crippen molar-refractivity contribution in [2.45, 2.75) is 12.2 Å².